The van der Waals surface area contributed by atoms with Gasteiger partial charge in [0.1, 0.15) is 0 Å². The predicted octanol–water partition coefficient (Wildman–Crippen LogP) is 4.59. The lowest BCUT2D eigenvalue weighted by atomic mass is 9.44. The maximum Gasteiger partial charge on any atom is 0.0913 e. The van der Waals surface area contributed by atoms with Gasteiger partial charge in [0.15, 0.2) is 0 Å². The van der Waals surface area contributed by atoms with Crippen molar-refractivity contribution in [3.8, 4) is 0 Å². The van der Waals surface area contributed by atoms with Gasteiger partial charge in [-0.25, -0.2) is 0 Å². The molecule has 0 aromatic carbocycles. The van der Waals surface area contributed by atoms with Gasteiger partial charge in [-0.2, -0.15) is 0 Å². The summed E-state index contributed by atoms with van der Waals surface area (Å²) in [4.78, 5) is 0. The molecule has 0 amide bonds. The van der Waals surface area contributed by atoms with Crippen LogP contribution in [0.2, 0.25) is 0 Å². The second-order valence-corrected chi connectivity index (χ2v) is 13.7. The minimum atomic E-state index is -1.02. The summed E-state index contributed by atoms with van der Waals surface area (Å²) in [5.41, 5.74) is -0.103. The summed E-state index contributed by atoms with van der Waals surface area (Å²) in [6, 6.07) is 0. The van der Waals surface area contributed by atoms with Crippen LogP contribution in [-0.4, -0.2) is 43.8 Å². The Bertz CT molecular complexity index is 801. The molecule has 4 N–H and O–H groups in total. The number of rotatable bonds is 0. The molecule has 5 aliphatic carbocycles. The molecule has 4 heteroatoms. The summed E-state index contributed by atoms with van der Waals surface area (Å²) in [7, 11) is 0. The molecule has 0 spiro atoms. The van der Waals surface area contributed by atoms with E-state index in [9.17, 15) is 20.4 Å². The molecule has 11 atom stereocenters. The molecule has 5 aliphatic rings. The van der Waals surface area contributed by atoms with Crippen LogP contribution in [0.15, 0.2) is 11.6 Å². The third-order valence-electron chi connectivity index (χ3n) is 12.1. The summed E-state index contributed by atoms with van der Waals surface area (Å²) in [6.45, 7) is 11.0. The standard InChI is InChI=1S/C28H46O4/c1-24-13-10-21-26(3,15-12-23(30)28(21,5)32)19(24)9-7-18-17(16-24)6-8-20-25(18,2)14-11-22(29)27(20,4)31/h6,18-23,29-32H,7-16H2,1-5H3/t18-,19-,20+,21+,22+,23+,24-,25+,26+,27+,28+/m0/s1. The molecule has 0 bridgehead atoms. The van der Waals surface area contributed by atoms with Crippen molar-refractivity contribution < 1.29 is 20.4 Å². The van der Waals surface area contributed by atoms with E-state index in [1.165, 1.54) is 0 Å². The van der Waals surface area contributed by atoms with Crippen LogP contribution in [0.25, 0.3) is 0 Å². The molecule has 0 aromatic rings. The van der Waals surface area contributed by atoms with Crippen LogP contribution in [0.4, 0.5) is 0 Å². The zero-order valence-electron chi connectivity index (χ0n) is 20.9. The SMILES string of the molecule is C[C@@]12CC[C@H]3[C@@](C)(O)[C@H](O)CC[C@]3(C)[C@H]1CC[C@H]1C(=CC[C@H]3[C@@](C)(O)[C@H](O)CC[C@]13C)C2. The van der Waals surface area contributed by atoms with Crippen molar-refractivity contribution in [3.05, 3.63) is 11.6 Å². The molecule has 0 saturated heterocycles. The monoisotopic (exact) mass is 446 g/mol. The van der Waals surface area contributed by atoms with Crippen molar-refractivity contribution in [1.29, 1.82) is 0 Å². The fourth-order valence-electron chi connectivity index (χ4n) is 10.3. The fourth-order valence-corrected chi connectivity index (χ4v) is 10.3. The Hall–Kier alpha value is -0.420. The summed E-state index contributed by atoms with van der Waals surface area (Å²) < 4.78 is 0. The van der Waals surface area contributed by atoms with Crippen molar-refractivity contribution in [2.45, 2.75) is 122 Å². The molecule has 4 saturated carbocycles. The molecular formula is C28H46O4. The highest BCUT2D eigenvalue weighted by atomic mass is 16.3. The van der Waals surface area contributed by atoms with Crippen LogP contribution in [-0.2, 0) is 0 Å². The average molecular weight is 447 g/mol. The largest absolute Gasteiger partial charge is 0.390 e. The Kier molecular flexibility index (Phi) is 5.14. The third kappa shape index (κ3) is 2.94. The topological polar surface area (TPSA) is 80.9 Å². The van der Waals surface area contributed by atoms with Gasteiger partial charge in [0, 0.05) is 0 Å². The van der Waals surface area contributed by atoms with Gasteiger partial charge in [-0.15, -0.1) is 0 Å². The zero-order valence-corrected chi connectivity index (χ0v) is 20.9. The summed E-state index contributed by atoms with van der Waals surface area (Å²) in [5.74, 6) is 1.27. The first-order valence-corrected chi connectivity index (χ1v) is 13.3. The number of aliphatic hydroxyl groups excluding tert-OH is 2. The van der Waals surface area contributed by atoms with Gasteiger partial charge in [-0.05, 0) is 118 Å². The van der Waals surface area contributed by atoms with Gasteiger partial charge in [0.05, 0.1) is 23.4 Å². The van der Waals surface area contributed by atoms with Gasteiger partial charge < -0.3 is 20.4 Å². The van der Waals surface area contributed by atoms with E-state index >= 15 is 0 Å². The maximum atomic E-state index is 11.3. The van der Waals surface area contributed by atoms with E-state index < -0.39 is 23.4 Å². The second kappa shape index (κ2) is 7.06. The Balaban J connectivity index is 1.50. The molecular weight excluding hydrogens is 400 g/mol. The normalized spacial score (nSPS) is 60.2. The van der Waals surface area contributed by atoms with Crippen LogP contribution < -0.4 is 0 Å². The molecule has 0 aromatic heterocycles. The van der Waals surface area contributed by atoms with E-state index in [1.807, 2.05) is 13.8 Å². The zero-order chi connectivity index (χ0) is 23.3. The molecule has 0 heterocycles. The third-order valence-corrected chi connectivity index (χ3v) is 12.1. The fraction of sp³-hybridized carbons (Fsp3) is 0.929. The number of aliphatic hydroxyl groups is 4. The number of hydrogen-bond donors (Lipinski definition) is 4. The van der Waals surface area contributed by atoms with Gasteiger partial charge in [0.25, 0.3) is 0 Å². The maximum absolute atomic E-state index is 11.3. The van der Waals surface area contributed by atoms with Gasteiger partial charge >= 0.3 is 0 Å². The Morgan fingerprint density at radius 2 is 1.28 bits per heavy atom. The first-order valence-electron chi connectivity index (χ1n) is 13.3. The van der Waals surface area contributed by atoms with Crippen molar-refractivity contribution >= 4 is 0 Å². The minimum absolute atomic E-state index is 0.0330. The molecule has 32 heavy (non-hydrogen) atoms. The van der Waals surface area contributed by atoms with Crippen LogP contribution in [0.3, 0.4) is 0 Å². The minimum Gasteiger partial charge on any atom is -0.390 e. The molecule has 4 nitrogen and oxygen atoms in total. The van der Waals surface area contributed by atoms with Gasteiger partial charge in [-0.3, -0.25) is 0 Å². The van der Waals surface area contributed by atoms with Crippen molar-refractivity contribution in [2.24, 2.45) is 39.9 Å². The first kappa shape index (κ1) is 23.3. The van der Waals surface area contributed by atoms with E-state index in [0.717, 1.165) is 51.4 Å². The molecule has 182 valence electrons. The van der Waals surface area contributed by atoms with Crippen molar-refractivity contribution in [2.75, 3.05) is 0 Å². The number of fused-ring (bicyclic) bond motifs is 6. The molecule has 5 rings (SSSR count). The molecule has 0 aliphatic heterocycles. The quantitative estimate of drug-likeness (QED) is 0.410. The Morgan fingerprint density at radius 1 is 0.688 bits per heavy atom. The van der Waals surface area contributed by atoms with Crippen LogP contribution in [0.1, 0.15) is 98.8 Å². The lowest BCUT2D eigenvalue weighted by Gasteiger charge is -2.62. The van der Waals surface area contributed by atoms with E-state index in [0.29, 0.717) is 24.7 Å². The highest BCUT2D eigenvalue weighted by molar-refractivity contribution is 5.26. The highest BCUT2D eigenvalue weighted by Gasteiger charge is 2.64. The van der Waals surface area contributed by atoms with E-state index in [-0.39, 0.29) is 28.1 Å². The highest BCUT2D eigenvalue weighted by Crippen LogP contribution is 2.68. The van der Waals surface area contributed by atoms with Gasteiger partial charge in [-0.1, -0.05) is 32.4 Å². The van der Waals surface area contributed by atoms with Gasteiger partial charge in [0.2, 0.25) is 0 Å². The smallest absolute Gasteiger partial charge is 0.0913 e. The summed E-state index contributed by atoms with van der Waals surface area (Å²) in [5, 5.41) is 43.8. The van der Waals surface area contributed by atoms with E-state index in [1.54, 1.807) is 5.57 Å². The average Bonchev–Trinajstić information content (AvgIpc) is 2.86. The predicted molar refractivity (Wildman–Crippen MR) is 126 cm³/mol. The Morgan fingerprint density at radius 3 is 1.94 bits per heavy atom. The number of hydrogen-bond acceptors (Lipinski definition) is 4. The van der Waals surface area contributed by atoms with Crippen LogP contribution in [0, 0.1) is 39.9 Å². The molecule has 0 unspecified atom stereocenters. The van der Waals surface area contributed by atoms with Crippen molar-refractivity contribution in [3.63, 3.8) is 0 Å². The molecule has 0 radical (unpaired) electrons. The lowest BCUT2D eigenvalue weighted by Crippen LogP contribution is -2.62. The lowest BCUT2D eigenvalue weighted by molar-refractivity contribution is -0.214. The second-order valence-electron chi connectivity index (χ2n) is 13.7. The Labute approximate surface area is 194 Å². The molecule has 4 fully saturated rings. The summed E-state index contributed by atoms with van der Waals surface area (Å²) in [6.07, 6.45) is 11.0. The van der Waals surface area contributed by atoms with Crippen molar-refractivity contribution in [1.82, 2.24) is 0 Å². The first-order chi connectivity index (χ1) is 14.8. The van der Waals surface area contributed by atoms with Crippen LogP contribution in [0.5, 0.6) is 0 Å². The number of allylic oxidation sites excluding steroid dienone is 2. The summed E-state index contributed by atoms with van der Waals surface area (Å²) >= 11 is 0. The van der Waals surface area contributed by atoms with E-state index in [2.05, 4.69) is 26.8 Å². The van der Waals surface area contributed by atoms with Crippen LogP contribution >= 0.6 is 0 Å². The van der Waals surface area contributed by atoms with E-state index in [4.69, 9.17) is 0 Å².